The molecule has 21 heavy (non-hydrogen) atoms. The zero-order chi connectivity index (χ0) is 14.7. The van der Waals surface area contributed by atoms with Crippen LogP contribution in [0.4, 0.5) is 0 Å². The molecule has 2 aromatic carbocycles. The maximum absolute atomic E-state index is 6.00. The van der Waals surface area contributed by atoms with Crippen molar-refractivity contribution >= 4 is 10.8 Å². The van der Waals surface area contributed by atoms with Crippen molar-refractivity contribution in [2.75, 3.05) is 6.54 Å². The number of benzene rings is 2. The van der Waals surface area contributed by atoms with Crippen LogP contribution >= 0.6 is 0 Å². The third-order valence-electron chi connectivity index (χ3n) is 3.80. The molecule has 2 heteroatoms. The van der Waals surface area contributed by atoms with E-state index in [0.717, 1.165) is 36.6 Å². The first-order valence-corrected chi connectivity index (χ1v) is 7.57. The van der Waals surface area contributed by atoms with E-state index in [1.165, 1.54) is 16.3 Å². The first kappa shape index (κ1) is 13.9. The number of nitrogens with one attached hydrogen (secondary N) is 1. The molecular formula is C19H21NO. The van der Waals surface area contributed by atoms with Crippen LogP contribution in [-0.4, -0.2) is 6.54 Å². The first-order chi connectivity index (χ1) is 10.3. The quantitative estimate of drug-likeness (QED) is 0.671. The van der Waals surface area contributed by atoms with Crippen molar-refractivity contribution in [1.29, 1.82) is 0 Å². The maximum Gasteiger partial charge on any atom is 0.134 e. The molecule has 0 fully saturated rings. The molecule has 3 rings (SSSR count). The number of hydrogen-bond donors (Lipinski definition) is 1. The summed E-state index contributed by atoms with van der Waals surface area (Å²) in [5, 5.41) is 5.91. The van der Waals surface area contributed by atoms with Crippen molar-refractivity contribution in [3.05, 3.63) is 59.9 Å². The van der Waals surface area contributed by atoms with E-state index in [-0.39, 0.29) is 0 Å². The SMILES string of the molecule is CCCNCc1ccc(-c2ccc(C)c3ccccc23)o1. The van der Waals surface area contributed by atoms with E-state index in [2.05, 4.69) is 67.7 Å². The topological polar surface area (TPSA) is 25.2 Å². The van der Waals surface area contributed by atoms with Gasteiger partial charge in [-0.25, -0.2) is 0 Å². The fraction of sp³-hybridized carbons (Fsp3) is 0.263. The van der Waals surface area contributed by atoms with Crippen LogP contribution in [0, 0.1) is 6.92 Å². The standard InChI is InChI=1S/C19H21NO/c1-3-12-20-13-15-9-11-19(21-15)18-10-8-14(2)16-6-4-5-7-17(16)18/h4-11,20H,3,12-13H2,1-2H3. The van der Waals surface area contributed by atoms with Gasteiger partial charge in [0, 0.05) is 5.56 Å². The Bertz CT molecular complexity index is 742. The molecule has 3 aromatic rings. The summed E-state index contributed by atoms with van der Waals surface area (Å²) in [4.78, 5) is 0. The summed E-state index contributed by atoms with van der Waals surface area (Å²) in [5.41, 5.74) is 2.46. The van der Waals surface area contributed by atoms with Crippen LogP contribution < -0.4 is 5.32 Å². The smallest absolute Gasteiger partial charge is 0.134 e. The Balaban J connectivity index is 1.96. The first-order valence-electron chi connectivity index (χ1n) is 7.57. The molecule has 0 saturated heterocycles. The Morgan fingerprint density at radius 1 is 0.952 bits per heavy atom. The molecule has 0 aliphatic carbocycles. The van der Waals surface area contributed by atoms with Gasteiger partial charge in [0.15, 0.2) is 0 Å². The lowest BCUT2D eigenvalue weighted by Gasteiger charge is -2.07. The van der Waals surface area contributed by atoms with Crippen LogP contribution in [-0.2, 0) is 6.54 Å². The zero-order valence-corrected chi connectivity index (χ0v) is 12.6. The van der Waals surface area contributed by atoms with Gasteiger partial charge in [0.25, 0.3) is 0 Å². The van der Waals surface area contributed by atoms with E-state index in [1.807, 2.05) is 0 Å². The average molecular weight is 279 g/mol. The number of furan rings is 1. The Hall–Kier alpha value is -2.06. The van der Waals surface area contributed by atoms with Crippen LogP contribution in [0.25, 0.3) is 22.1 Å². The molecule has 1 aromatic heterocycles. The molecule has 0 atom stereocenters. The van der Waals surface area contributed by atoms with Crippen molar-refractivity contribution < 1.29 is 4.42 Å². The Morgan fingerprint density at radius 3 is 2.57 bits per heavy atom. The molecule has 0 saturated carbocycles. The van der Waals surface area contributed by atoms with E-state index >= 15 is 0 Å². The summed E-state index contributed by atoms with van der Waals surface area (Å²) in [6, 6.07) is 16.9. The summed E-state index contributed by atoms with van der Waals surface area (Å²) < 4.78 is 6.00. The fourth-order valence-electron chi connectivity index (χ4n) is 2.67. The van der Waals surface area contributed by atoms with Gasteiger partial charge in [-0.3, -0.25) is 0 Å². The molecule has 0 amide bonds. The Morgan fingerprint density at radius 2 is 1.76 bits per heavy atom. The molecule has 2 nitrogen and oxygen atoms in total. The summed E-state index contributed by atoms with van der Waals surface area (Å²) in [5.74, 6) is 1.93. The van der Waals surface area contributed by atoms with Gasteiger partial charge in [-0.15, -0.1) is 0 Å². The van der Waals surface area contributed by atoms with Crippen molar-refractivity contribution in [3.8, 4) is 11.3 Å². The molecule has 0 aliphatic rings. The van der Waals surface area contributed by atoms with Crippen molar-refractivity contribution in [2.45, 2.75) is 26.8 Å². The Kier molecular flexibility index (Phi) is 4.07. The second-order valence-corrected chi connectivity index (χ2v) is 5.42. The second kappa shape index (κ2) is 6.15. The third kappa shape index (κ3) is 2.86. The van der Waals surface area contributed by atoms with Gasteiger partial charge >= 0.3 is 0 Å². The molecule has 0 aliphatic heterocycles. The van der Waals surface area contributed by atoms with Crippen molar-refractivity contribution in [2.24, 2.45) is 0 Å². The van der Waals surface area contributed by atoms with Crippen LogP contribution in [0.5, 0.6) is 0 Å². The number of aryl methyl sites for hydroxylation is 1. The monoisotopic (exact) mass is 279 g/mol. The highest BCUT2D eigenvalue weighted by molar-refractivity contribution is 5.97. The van der Waals surface area contributed by atoms with E-state index in [1.54, 1.807) is 0 Å². The normalized spacial score (nSPS) is 11.1. The lowest BCUT2D eigenvalue weighted by molar-refractivity contribution is 0.494. The van der Waals surface area contributed by atoms with Gasteiger partial charge in [-0.2, -0.15) is 0 Å². The van der Waals surface area contributed by atoms with Crippen LogP contribution in [0.2, 0.25) is 0 Å². The molecular weight excluding hydrogens is 258 g/mol. The summed E-state index contributed by atoms with van der Waals surface area (Å²) in [7, 11) is 0. The molecule has 0 unspecified atom stereocenters. The minimum absolute atomic E-state index is 0.789. The largest absolute Gasteiger partial charge is 0.460 e. The van der Waals surface area contributed by atoms with E-state index in [4.69, 9.17) is 4.42 Å². The molecule has 0 radical (unpaired) electrons. The molecule has 0 bridgehead atoms. The van der Waals surface area contributed by atoms with Crippen LogP contribution in [0.15, 0.2) is 52.9 Å². The summed E-state index contributed by atoms with van der Waals surface area (Å²) in [6.07, 6.45) is 1.14. The van der Waals surface area contributed by atoms with Crippen molar-refractivity contribution in [1.82, 2.24) is 5.32 Å². The van der Waals surface area contributed by atoms with Gasteiger partial charge in [0.2, 0.25) is 0 Å². The maximum atomic E-state index is 6.00. The highest BCUT2D eigenvalue weighted by atomic mass is 16.3. The lowest BCUT2D eigenvalue weighted by atomic mass is 9.99. The van der Waals surface area contributed by atoms with Crippen LogP contribution in [0.1, 0.15) is 24.7 Å². The molecule has 0 spiro atoms. The number of hydrogen-bond acceptors (Lipinski definition) is 2. The minimum Gasteiger partial charge on any atom is -0.460 e. The average Bonchev–Trinajstić information content (AvgIpc) is 2.97. The number of rotatable bonds is 5. The van der Waals surface area contributed by atoms with Crippen LogP contribution in [0.3, 0.4) is 0 Å². The lowest BCUT2D eigenvalue weighted by Crippen LogP contribution is -2.12. The van der Waals surface area contributed by atoms with Gasteiger partial charge in [0.1, 0.15) is 11.5 Å². The molecule has 1 N–H and O–H groups in total. The fourth-order valence-corrected chi connectivity index (χ4v) is 2.67. The third-order valence-corrected chi connectivity index (χ3v) is 3.80. The summed E-state index contributed by atoms with van der Waals surface area (Å²) >= 11 is 0. The van der Waals surface area contributed by atoms with E-state index in [9.17, 15) is 0 Å². The highest BCUT2D eigenvalue weighted by Crippen LogP contribution is 2.31. The Labute approximate surface area is 125 Å². The van der Waals surface area contributed by atoms with Gasteiger partial charge in [-0.05, 0) is 48.4 Å². The van der Waals surface area contributed by atoms with E-state index < -0.39 is 0 Å². The number of fused-ring (bicyclic) bond motifs is 1. The predicted octanol–water partition coefficient (Wildman–Crippen LogP) is 4.91. The van der Waals surface area contributed by atoms with E-state index in [0.29, 0.717) is 0 Å². The zero-order valence-electron chi connectivity index (χ0n) is 12.6. The molecule has 1 heterocycles. The van der Waals surface area contributed by atoms with Gasteiger partial charge in [-0.1, -0.05) is 43.3 Å². The predicted molar refractivity (Wildman–Crippen MR) is 88.4 cm³/mol. The summed E-state index contributed by atoms with van der Waals surface area (Å²) in [6.45, 7) is 6.12. The van der Waals surface area contributed by atoms with Crippen molar-refractivity contribution in [3.63, 3.8) is 0 Å². The van der Waals surface area contributed by atoms with Gasteiger partial charge < -0.3 is 9.73 Å². The highest BCUT2D eigenvalue weighted by Gasteiger charge is 2.09. The van der Waals surface area contributed by atoms with Gasteiger partial charge in [0.05, 0.1) is 6.54 Å². The minimum atomic E-state index is 0.789. The molecule has 108 valence electrons. The second-order valence-electron chi connectivity index (χ2n) is 5.42.